The molecule has 57 heavy (non-hydrogen) atoms. The molecule has 0 amide bonds. The summed E-state index contributed by atoms with van der Waals surface area (Å²) in [7, 11) is 1.18. The van der Waals surface area contributed by atoms with Crippen molar-refractivity contribution < 1.29 is 23.4 Å². The van der Waals surface area contributed by atoms with Crippen LogP contribution in [0.4, 0.5) is 0 Å². The van der Waals surface area contributed by atoms with E-state index in [1.54, 1.807) is 14.2 Å². The number of ether oxygens (including phenoxy) is 2. The van der Waals surface area contributed by atoms with Crippen molar-refractivity contribution in [3.05, 3.63) is 93.0 Å². The lowest BCUT2D eigenvalue weighted by atomic mass is 9.71. The van der Waals surface area contributed by atoms with Gasteiger partial charge in [-0.25, -0.2) is 0 Å². The molecule has 6 heteroatoms. The van der Waals surface area contributed by atoms with Gasteiger partial charge in [0.15, 0.2) is 0 Å². The normalized spacial score (nSPS) is 18.2. The van der Waals surface area contributed by atoms with Crippen LogP contribution in [0.2, 0.25) is 0 Å². The molecule has 1 heterocycles. The Hall–Kier alpha value is -3.53. The van der Waals surface area contributed by atoms with Crippen molar-refractivity contribution >= 4 is 8.60 Å². The predicted octanol–water partition coefficient (Wildman–Crippen LogP) is 13.9. The second kappa shape index (κ2) is 13.0. The standard InChI is InChI=1S/C51H67O5P/c1-45(2,3)35-23-29(24-36(43(35)53-17)46(4,5)6)31-19-21-33-39-41(31)55-57(52)56-42-32(20-22-34-40(42)51(39,27-49(33,13)14)28-50(34,15)16)30-25-37(47(7,8)9)44(54-18)38(26-30)48(10,11)12/h19-26,52H,27-28H2,1-18H3. The summed E-state index contributed by atoms with van der Waals surface area (Å²) in [6.07, 6.45) is 1.81. The zero-order valence-electron chi connectivity index (χ0n) is 38.1. The van der Waals surface area contributed by atoms with Crippen LogP contribution >= 0.6 is 8.60 Å². The van der Waals surface area contributed by atoms with Gasteiger partial charge in [0.05, 0.1) is 14.2 Å². The first-order chi connectivity index (χ1) is 26.1. The molecule has 0 saturated heterocycles. The van der Waals surface area contributed by atoms with Crippen LogP contribution in [0.3, 0.4) is 0 Å². The van der Waals surface area contributed by atoms with Crippen LogP contribution in [-0.4, -0.2) is 19.1 Å². The lowest BCUT2D eigenvalue weighted by molar-refractivity contribution is 0.326. The first-order valence-electron chi connectivity index (χ1n) is 20.7. The van der Waals surface area contributed by atoms with Gasteiger partial charge >= 0.3 is 8.60 Å². The fraction of sp³-hybridized carbons (Fsp3) is 0.529. The minimum Gasteiger partial charge on any atom is -0.496 e. The van der Waals surface area contributed by atoms with E-state index in [4.69, 9.17) is 18.5 Å². The Morgan fingerprint density at radius 1 is 0.526 bits per heavy atom. The maximum absolute atomic E-state index is 12.2. The SMILES string of the molecule is COc1c(C(C)(C)C)cc(-c2ccc3c4c2OP(O)Oc2c(-c5cc(C(C)(C)C)c(OC)c(C(C)(C)C)c5)ccc5c2C4(CC3(C)C)CC5(C)C)cc1C(C)(C)C. The highest BCUT2D eigenvalue weighted by Crippen LogP contribution is 2.70. The first kappa shape index (κ1) is 41.6. The largest absolute Gasteiger partial charge is 0.496 e. The predicted molar refractivity (Wildman–Crippen MR) is 238 cm³/mol. The monoisotopic (exact) mass is 790 g/mol. The van der Waals surface area contributed by atoms with Crippen molar-refractivity contribution in [1.82, 2.24) is 0 Å². The molecule has 1 N–H and O–H groups in total. The van der Waals surface area contributed by atoms with Gasteiger partial charge in [-0.3, -0.25) is 0 Å². The molecule has 1 aliphatic heterocycles. The molecule has 4 aromatic rings. The summed E-state index contributed by atoms with van der Waals surface area (Å²) in [5.41, 5.74) is 12.1. The number of methoxy groups -OCH3 is 2. The fourth-order valence-corrected chi connectivity index (χ4v) is 11.3. The second-order valence-corrected chi connectivity index (χ2v) is 23.4. The van der Waals surface area contributed by atoms with Gasteiger partial charge in [0, 0.05) is 49.9 Å². The Morgan fingerprint density at radius 3 is 1.09 bits per heavy atom. The van der Waals surface area contributed by atoms with Gasteiger partial charge in [0.25, 0.3) is 0 Å². The van der Waals surface area contributed by atoms with Crippen LogP contribution in [0, 0.1) is 0 Å². The van der Waals surface area contributed by atoms with Crippen LogP contribution < -0.4 is 18.5 Å². The van der Waals surface area contributed by atoms with Crippen LogP contribution in [0.1, 0.15) is 168 Å². The highest BCUT2D eigenvalue weighted by Gasteiger charge is 2.60. The zero-order valence-corrected chi connectivity index (χ0v) is 39.0. The maximum Gasteiger partial charge on any atom is 0.460 e. The molecular formula is C51H67O5P. The summed E-state index contributed by atoms with van der Waals surface area (Å²) < 4.78 is 26.2. The Labute approximate surface area is 344 Å². The summed E-state index contributed by atoms with van der Waals surface area (Å²) in [5, 5.41) is 0. The Morgan fingerprint density at radius 2 is 0.825 bits per heavy atom. The third kappa shape index (κ3) is 6.58. The van der Waals surface area contributed by atoms with E-state index in [2.05, 4.69) is 159 Å². The lowest BCUT2D eigenvalue weighted by Gasteiger charge is -2.36. The van der Waals surface area contributed by atoms with Crippen molar-refractivity contribution in [1.29, 1.82) is 0 Å². The van der Waals surface area contributed by atoms with Crippen molar-refractivity contribution in [3.63, 3.8) is 0 Å². The highest BCUT2D eigenvalue weighted by molar-refractivity contribution is 7.41. The van der Waals surface area contributed by atoms with Crippen molar-refractivity contribution in [2.75, 3.05) is 14.2 Å². The topological polar surface area (TPSA) is 57.2 Å². The molecule has 7 rings (SSSR count). The second-order valence-electron chi connectivity index (χ2n) is 22.6. The fourth-order valence-electron chi connectivity index (χ4n) is 10.5. The molecular weight excluding hydrogens is 724 g/mol. The van der Waals surface area contributed by atoms with E-state index in [1.807, 2.05) is 0 Å². The molecule has 0 radical (unpaired) electrons. The van der Waals surface area contributed by atoms with E-state index < -0.39 is 14.0 Å². The minimum atomic E-state index is -2.38. The molecule has 0 fully saturated rings. The van der Waals surface area contributed by atoms with Crippen LogP contribution in [0.15, 0.2) is 48.5 Å². The molecule has 3 aliphatic rings. The van der Waals surface area contributed by atoms with Crippen molar-refractivity contribution in [2.45, 2.75) is 162 Å². The molecule has 0 unspecified atom stereocenters. The van der Waals surface area contributed by atoms with E-state index >= 15 is 0 Å². The highest BCUT2D eigenvalue weighted by atomic mass is 31.2. The van der Waals surface area contributed by atoms with E-state index in [-0.39, 0.29) is 32.5 Å². The van der Waals surface area contributed by atoms with Gasteiger partial charge in [0.2, 0.25) is 0 Å². The molecule has 306 valence electrons. The van der Waals surface area contributed by atoms with Crippen LogP contribution in [0.25, 0.3) is 22.3 Å². The summed E-state index contributed by atoms with van der Waals surface area (Å²) in [6.45, 7) is 36.4. The van der Waals surface area contributed by atoms with Gasteiger partial charge < -0.3 is 23.4 Å². The average molecular weight is 791 g/mol. The Balaban J connectivity index is 1.58. The van der Waals surface area contributed by atoms with E-state index in [1.165, 1.54) is 22.3 Å². The van der Waals surface area contributed by atoms with E-state index in [9.17, 15) is 4.89 Å². The molecule has 1 spiro atoms. The number of benzene rings is 4. The average Bonchev–Trinajstić information content (AvgIpc) is 3.44. The lowest BCUT2D eigenvalue weighted by Crippen LogP contribution is -2.28. The van der Waals surface area contributed by atoms with Gasteiger partial charge in [-0.05, 0) is 91.9 Å². The smallest absolute Gasteiger partial charge is 0.460 e. The van der Waals surface area contributed by atoms with Gasteiger partial charge in [-0.2, -0.15) is 0 Å². The number of hydrogen-bond donors (Lipinski definition) is 1. The first-order valence-corrected chi connectivity index (χ1v) is 21.9. The van der Waals surface area contributed by atoms with Crippen LogP contribution in [-0.2, 0) is 37.9 Å². The third-order valence-corrected chi connectivity index (χ3v) is 13.7. The van der Waals surface area contributed by atoms with Crippen LogP contribution in [0.5, 0.6) is 23.0 Å². The quantitative estimate of drug-likeness (QED) is 0.209. The molecule has 5 nitrogen and oxygen atoms in total. The molecule has 2 aliphatic carbocycles. The number of rotatable bonds is 4. The summed E-state index contributed by atoms with van der Waals surface area (Å²) >= 11 is 0. The van der Waals surface area contributed by atoms with Gasteiger partial charge in [-0.1, -0.05) is 135 Å². The summed E-state index contributed by atoms with van der Waals surface area (Å²) in [4.78, 5) is 12.2. The Bertz CT molecular complexity index is 2050. The van der Waals surface area contributed by atoms with Gasteiger partial charge in [0.1, 0.15) is 23.0 Å². The van der Waals surface area contributed by atoms with E-state index in [0.29, 0.717) is 0 Å². The zero-order chi connectivity index (χ0) is 42.2. The summed E-state index contributed by atoms with van der Waals surface area (Å²) in [5.74, 6) is 3.34. The van der Waals surface area contributed by atoms with Crippen molar-refractivity contribution in [3.8, 4) is 45.3 Å². The van der Waals surface area contributed by atoms with E-state index in [0.717, 1.165) is 80.3 Å². The molecule has 0 bridgehead atoms. The summed E-state index contributed by atoms with van der Waals surface area (Å²) in [6, 6.07) is 18.2. The minimum absolute atomic E-state index is 0.161. The molecule has 4 aromatic carbocycles. The molecule has 0 atom stereocenters. The molecule has 0 saturated carbocycles. The van der Waals surface area contributed by atoms with Gasteiger partial charge in [-0.15, -0.1) is 0 Å². The Kier molecular flexibility index (Phi) is 9.48. The van der Waals surface area contributed by atoms with Crippen molar-refractivity contribution in [2.24, 2.45) is 0 Å². The number of hydrogen-bond acceptors (Lipinski definition) is 5. The molecule has 0 aromatic heterocycles. The maximum atomic E-state index is 12.2. The third-order valence-electron chi connectivity index (χ3n) is 13.0.